The van der Waals surface area contributed by atoms with Crippen molar-refractivity contribution in [2.45, 2.75) is 32.5 Å². The number of benzene rings is 1. The molecule has 3 amide bonds. The van der Waals surface area contributed by atoms with E-state index in [0.29, 0.717) is 12.1 Å². The number of hydrogen-bond acceptors (Lipinski definition) is 5. The van der Waals surface area contributed by atoms with Crippen molar-refractivity contribution in [3.8, 4) is 0 Å². The van der Waals surface area contributed by atoms with Gasteiger partial charge in [0.2, 0.25) is 5.91 Å². The van der Waals surface area contributed by atoms with Crippen molar-refractivity contribution in [1.82, 2.24) is 15.5 Å². The molecule has 8 nitrogen and oxygen atoms in total. The van der Waals surface area contributed by atoms with Crippen LogP contribution in [0.1, 0.15) is 25.8 Å². The number of ether oxygens (including phenoxy) is 1. The SMILES string of the molecule is CCOC(=O)C1=C(CN(C)CC(=O)Nc2ccc(Cl)c(C(F)(F)F)c2)NC(=O)NC1CC. The highest BCUT2D eigenvalue weighted by molar-refractivity contribution is 6.31. The highest BCUT2D eigenvalue weighted by atomic mass is 35.5. The van der Waals surface area contributed by atoms with E-state index >= 15 is 0 Å². The third-order valence-electron chi connectivity index (χ3n) is 4.54. The Morgan fingerprint density at radius 3 is 2.56 bits per heavy atom. The number of esters is 1. The lowest BCUT2D eigenvalue weighted by molar-refractivity contribution is -0.139. The van der Waals surface area contributed by atoms with Crippen LogP contribution < -0.4 is 16.0 Å². The maximum atomic E-state index is 13.0. The average molecular weight is 477 g/mol. The number of hydrogen-bond donors (Lipinski definition) is 3. The zero-order valence-electron chi connectivity index (χ0n) is 17.7. The van der Waals surface area contributed by atoms with Gasteiger partial charge in [-0.15, -0.1) is 0 Å². The molecule has 0 fully saturated rings. The summed E-state index contributed by atoms with van der Waals surface area (Å²) in [5, 5.41) is 7.13. The van der Waals surface area contributed by atoms with Crippen LogP contribution in [0.15, 0.2) is 29.5 Å². The third-order valence-corrected chi connectivity index (χ3v) is 4.87. The van der Waals surface area contributed by atoms with Crippen LogP contribution in [0, 0.1) is 0 Å². The molecule has 0 aromatic heterocycles. The summed E-state index contributed by atoms with van der Waals surface area (Å²) in [6.45, 7) is 3.42. The van der Waals surface area contributed by atoms with Gasteiger partial charge in [-0.2, -0.15) is 13.2 Å². The molecule has 0 aliphatic carbocycles. The third kappa shape index (κ3) is 6.60. The normalized spacial score (nSPS) is 16.5. The molecule has 176 valence electrons. The number of halogens is 4. The van der Waals surface area contributed by atoms with E-state index in [9.17, 15) is 27.6 Å². The fourth-order valence-corrected chi connectivity index (χ4v) is 3.40. The first kappa shape index (κ1) is 25.5. The van der Waals surface area contributed by atoms with Crippen molar-refractivity contribution in [1.29, 1.82) is 0 Å². The molecule has 1 unspecified atom stereocenters. The number of likely N-dealkylation sites (N-methyl/N-ethyl adjacent to an activating group) is 1. The maximum Gasteiger partial charge on any atom is 0.417 e. The van der Waals surface area contributed by atoms with Crippen LogP contribution >= 0.6 is 11.6 Å². The molecule has 32 heavy (non-hydrogen) atoms. The first-order valence-corrected chi connectivity index (χ1v) is 10.2. The van der Waals surface area contributed by atoms with Gasteiger partial charge in [0.05, 0.1) is 35.4 Å². The molecule has 0 radical (unpaired) electrons. The number of carbonyl (C=O) groups excluding carboxylic acids is 3. The van der Waals surface area contributed by atoms with Gasteiger partial charge in [0, 0.05) is 17.9 Å². The van der Waals surface area contributed by atoms with E-state index in [-0.39, 0.29) is 31.0 Å². The monoisotopic (exact) mass is 476 g/mol. The standard InChI is InChI=1S/C20H24ClF3N4O4/c1-4-14-17(18(30)32-5-2)15(27-19(31)26-14)9-28(3)10-16(29)25-11-6-7-13(21)12(8-11)20(22,23)24/h6-8,14H,4-5,9-10H2,1-3H3,(H,25,29)(H2,26,27,31). The van der Waals surface area contributed by atoms with Crippen LogP contribution in [-0.4, -0.2) is 55.6 Å². The zero-order chi connectivity index (χ0) is 24.1. The number of nitrogens with one attached hydrogen (secondary N) is 3. The van der Waals surface area contributed by atoms with Crippen molar-refractivity contribution in [2.24, 2.45) is 0 Å². The van der Waals surface area contributed by atoms with E-state index < -0.39 is 40.7 Å². The first-order valence-electron chi connectivity index (χ1n) is 9.79. The van der Waals surface area contributed by atoms with E-state index in [1.54, 1.807) is 20.9 Å². The first-order chi connectivity index (χ1) is 15.0. The molecule has 3 N–H and O–H groups in total. The fourth-order valence-electron chi connectivity index (χ4n) is 3.18. The summed E-state index contributed by atoms with van der Waals surface area (Å²) >= 11 is 5.58. The van der Waals surface area contributed by atoms with E-state index in [4.69, 9.17) is 16.3 Å². The van der Waals surface area contributed by atoms with Gasteiger partial charge < -0.3 is 20.7 Å². The molecule has 0 saturated carbocycles. The lowest BCUT2D eigenvalue weighted by Crippen LogP contribution is -2.52. The van der Waals surface area contributed by atoms with Gasteiger partial charge in [0.25, 0.3) is 0 Å². The summed E-state index contributed by atoms with van der Waals surface area (Å²) in [6.07, 6.45) is -4.21. The molecule has 1 heterocycles. The Morgan fingerprint density at radius 2 is 1.97 bits per heavy atom. The highest BCUT2D eigenvalue weighted by Gasteiger charge is 2.34. The number of urea groups is 1. The second-order valence-electron chi connectivity index (χ2n) is 7.08. The maximum absolute atomic E-state index is 13.0. The van der Waals surface area contributed by atoms with Crippen molar-refractivity contribution in [3.05, 3.63) is 40.1 Å². The topological polar surface area (TPSA) is 99.8 Å². The molecule has 1 atom stereocenters. The van der Waals surface area contributed by atoms with Gasteiger partial charge in [-0.1, -0.05) is 18.5 Å². The summed E-state index contributed by atoms with van der Waals surface area (Å²) in [4.78, 5) is 38.2. The van der Waals surface area contributed by atoms with Crippen LogP contribution in [0.25, 0.3) is 0 Å². The molecular weight excluding hydrogens is 453 g/mol. The summed E-state index contributed by atoms with van der Waals surface area (Å²) in [7, 11) is 1.56. The summed E-state index contributed by atoms with van der Waals surface area (Å²) in [6, 6.07) is 2.03. The molecule has 0 bridgehead atoms. The van der Waals surface area contributed by atoms with Crippen LogP contribution in [-0.2, 0) is 20.5 Å². The number of amides is 3. The van der Waals surface area contributed by atoms with Gasteiger partial charge in [-0.25, -0.2) is 9.59 Å². The largest absolute Gasteiger partial charge is 0.463 e. The van der Waals surface area contributed by atoms with Gasteiger partial charge in [-0.05, 0) is 38.6 Å². The molecular formula is C20H24ClF3N4O4. The molecule has 2 rings (SSSR count). The van der Waals surface area contributed by atoms with E-state index in [2.05, 4.69) is 16.0 Å². The molecule has 1 aromatic rings. The van der Waals surface area contributed by atoms with Crippen molar-refractivity contribution in [2.75, 3.05) is 32.1 Å². The lowest BCUT2D eigenvalue weighted by atomic mass is 10.00. The quantitative estimate of drug-likeness (QED) is 0.501. The van der Waals surface area contributed by atoms with E-state index in [1.807, 2.05) is 0 Å². The summed E-state index contributed by atoms with van der Waals surface area (Å²) in [5.74, 6) is -1.17. The Hall–Kier alpha value is -2.79. The molecule has 0 spiro atoms. The van der Waals surface area contributed by atoms with Crippen LogP contribution in [0.2, 0.25) is 5.02 Å². The minimum atomic E-state index is -4.66. The average Bonchev–Trinajstić information content (AvgIpc) is 2.67. The number of rotatable bonds is 8. The zero-order valence-corrected chi connectivity index (χ0v) is 18.5. The van der Waals surface area contributed by atoms with Crippen molar-refractivity contribution < 1.29 is 32.3 Å². The van der Waals surface area contributed by atoms with Crippen molar-refractivity contribution in [3.63, 3.8) is 0 Å². The predicted octanol–water partition coefficient (Wildman–Crippen LogP) is 3.14. The van der Waals surface area contributed by atoms with Crippen LogP contribution in [0.4, 0.5) is 23.7 Å². The summed E-state index contributed by atoms with van der Waals surface area (Å²) in [5.41, 5.74) is -0.570. The number of carbonyl (C=O) groups is 3. The Balaban J connectivity index is 2.12. The minimum absolute atomic E-state index is 0.0277. The number of anilines is 1. The second kappa shape index (κ2) is 10.7. The molecule has 1 aliphatic heterocycles. The minimum Gasteiger partial charge on any atom is -0.463 e. The molecule has 1 aliphatic rings. The Morgan fingerprint density at radius 1 is 1.28 bits per heavy atom. The smallest absolute Gasteiger partial charge is 0.417 e. The van der Waals surface area contributed by atoms with Gasteiger partial charge in [0.1, 0.15) is 0 Å². The predicted molar refractivity (Wildman–Crippen MR) is 112 cm³/mol. The molecule has 0 saturated heterocycles. The van der Waals surface area contributed by atoms with Crippen LogP contribution in [0.3, 0.4) is 0 Å². The fraction of sp³-hybridized carbons (Fsp3) is 0.450. The molecule has 12 heteroatoms. The molecule has 1 aromatic carbocycles. The van der Waals surface area contributed by atoms with Gasteiger partial charge in [0.15, 0.2) is 0 Å². The van der Waals surface area contributed by atoms with Gasteiger partial charge in [-0.3, -0.25) is 9.69 Å². The lowest BCUT2D eigenvalue weighted by Gasteiger charge is -2.30. The summed E-state index contributed by atoms with van der Waals surface area (Å²) < 4.78 is 44.1. The Labute approximate surface area is 188 Å². The Kier molecular flexibility index (Phi) is 8.51. The van der Waals surface area contributed by atoms with Crippen LogP contribution in [0.5, 0.6) is 0 Å². The van der Waals surface area contributed by atoms with Gasteiger partial charge >= 0.3 is 18.2 Å². The number of alkyl halides is 3. The Bertz CT molecular complexity index is 921. The van der Waals surface area contributed by atoms with Crippen molar-refractivity contribution >= 4 is 35.2 Å². The van der Waals surface area contributed by atoms with E-state index in [0.717, 1.165) is 12.1 Å². The highest BCUT2D eigenvalue weighted by Crippen LogP contribution is 2.36. The second-order valence-corrected chi connectivity index (χ2v) is 7.49. The number of nitrogens with zero attached hydrogens (tertiary/aromatic N) is 1. The van der Waals surface area contributed by atoms with E-state index in [1.165, 1.54) is 11.0 Å².